The summed E-state index contributed by atoms with van der Waals surface area (Å²) in [5, 5.41) is 10.4. The van der Waals surface area contributed by atoms with Gasteiger partial charge in [-0.3, -0.25) is 14.4 Å². The van der Waals surface area contributed by atoms with Crippen molar-refractivity contribution in [3.8, 4) is 0 Å². The van der Waals surface area contributed by atoms with Gasteiger partial charge in [-0.05, 0) is 97.1 Å². The van der Waals surface area contributed by atoms with Crippen molar-refractivity contribution in [2.24, 2.45) is 0 Å². The minimum Gasteiger partial charge on any atom is -0.348 e. The van der Waals surface area contributed by atoms with E-state index in [4.69, 9.17) is 0 Å². The second kappa shape index (κ2) is 17.1. The highest BCUT2D eigenvalue weighted by atomic mass is 16.2. The Morgan fingerprint density at radius 2 is 1.13 bits per heavy atom. The topological polar surface area (TPSA) is 139 Å². The molecule has 7 aromatic rings. The molecule has 0 spiro atoms. The van der Waals surface area contributed by atoms with Gasteiger partial charge in [0.1, 0.15) is 0 Å². The van der Waals surface area contributed by atoms with E-state index < -0.39 is 0 Å². The van der Waals surface area contributed by atoms with E-state index in [1.165, 1.54) is 5.56 Å². The van der Waals surface area contributed by atoms with E-state index in [0.717, 1.165) is 27.6 Å². The quantitative estimate of drug-likeness (QED) is 0.137. The predicted molar refractivity (Wildman–Crippen MR) is 212 cm³/mol. The molecule has 0 unspecified atom stereocenters. The van der Waals surface area contributed by atoms with Crippen LogP contribution >= 0.6 is 0 Å². The van der Waals surface area contributed by atoms with Crippen LogP contribution in [0, 0.1) is 13.8 Å². The summed E-state index contributed by atoms with van der Waals surface area (Å²) < 4.78 is 0. The molecule has 0 saturated carbocycles. The van der Waals surface area contributed by atoms with Gasteiger partial charge in [0.05, 0.1) is 22.5 Å². The Labute approximate surface area is 314 Å². The van der Waals surface area contributed by atoms with Gasteiger partial charge < -0.3 is 16.0 Å². The maximum absolute atomic E-state index is 12.7. The third-order valence-electron chi connectivity index (χ3n) is 8.82. The van der Waals surface area contributed by atoms with Crippen molar-refractivity contribution in [1.82, 2.24) is 30.6 Å². The first kappa shape index (κ1) is 37.0. The molecule has 54 heavy (non-hydrogen) atoms. The molecule has 10 nitrogen and oxygen atoms in total. The van der Waals surface area contributed by atoms with Crippen molar-refractivity contribution >= 4 is 45.5 Å². The summed E-state index contributed by atoms with van der Waals surface area (Å²) in [7, 11) is 0. The standard InChI is InChI=1S/C24H20N4O2.C20H21N3O/c1-16-21(14-18-9-6-12-25-22(18)27-16)24(30)26-15-17-7-5-8-19(13-17)23(29)28-20-10-3-2-4-11-20;1-13(2)16-8-6-15(7-9-16)12-22-20(24)18-11-17-5-4-10-21-19(17)23-14(18)3/h2-14H,15H2,1H3,(H,26,30)(H,28,29);4-11,13H,12H2,1-3H3,(H,22,24). The summed E-state index contributed by atoms with van der Waals surface area (Å²) in [5.41, 5.74) is 8.16. The SMILES string of the molecule is Cc1nc2ncccc2cc1C(=O)NCc1ccc(C(C)C)cc1.Cc1nc2ncccc2cc1C(=O)NCc1cccc(C(=O)Nc2ccccc2)c1. The van der Waals surface area contributed by atoms with E-state index >= 15 is 0 Å². The van der Waals surface area contributed by atoms with Crippen LogP contribution in [0.3, 0.4) is 0 Å². The highest BCUT2D eigenvalue weighted by Crippen LogP contribution is 2.18. The van der Waals surface area contributed by atoms with Crippen LogP contribution in [0.15, 0.2) is 128 Å². The monoisotopic (exact) mass is 715 g/mol. The molecule has 0 radical (unpaired) electrons. The molecular weight excluding hydrogens is 675 g/mol. The number of nitrogens with one attached hydrogen (secondary N) is 3. The molecule has 7 rings (SSSR count). The van der Waals surface area contributed by atoms with Gasteiger partial charge in [0.15, 0.2) is 11.3 Å². The molecule has 4 aromatic heterocycles. The summed E-state index contributed by atoms with van der Waals surface area (Å²) in [6.07, 6.45) is 3.38. The highest BCUT2D eigenvalue weighted by Gasteiger charge is 2.14. The van der Waals surface area contributed by atoms with Gasteiger partial charge >= 0.3 is 0 Å². The third-order valence-corrected chi connectivity index (χ3v) is 8.82. The second-order valence-electron chi connectivity index (χ2n) is 13.1. The van der Waals surface area contributed by atoms with Gasteiger partial charge in [0.2, 0.25) is 0 Å². The molecule has 3 amide bonds. The van der Waals surface area contributed by atoms with Crippen molar-refractivity contribution in [3.05, 3.63) is 172 Å². The predicted octanol–water partition coefficient (Wildman–Crippen LogP) is 8.11. The largest absolute Gasteiger partial charge is 0.348 e. The molecule has 10 heteroatoms. The fourth-order valence-corrected chi connectivity index (χ4v) is 5.77. The molecule has 0 aliphatic rings. The number of hydrogen-bond donors (Lipinski definition) is 3. The zero-order chi connectivity index (χ0) is 38.0. The van der Waals surface area contributed by atoms with Crippen LogP contribution in [-0.4, -0.2) is 37.7 Å². The maximum Gasteiger partial charge on any atom is 0.255 e. The van der Waals surface area contributed by atoms with Crippen molar-refractivity contribution in [2.75, 3.05) is 5.32 Å². The van der Waals surface area contributed by atoms with Crippen LogP contribution in [0.25, 0.3) is 22.1 Å². The number of amides is 3. The summed E-state index contributed by atoms with van der Waals surface area (Å²) in [5.74, 6) is -0.0198. The van der Waals surface area contributed by atoms with Crippen molar-refractivity contribution in [1.29, 1.82) is 0 Å². The number of carbonyl (C=O) groups excluding carboxylic acids is 3. The number of hydrogen-bond acceptors (Lipinski definition) is 7. The second-order valence-corrected chi connectivity index (χ2v) is 13.1. The molecule has 0 fully saturated rings. The summed E-state index contributed by atoms with van der Waals surface area (Å²) >= 11 is 0. The molecule has 0 aliphatic heterocycles. The van der Waals surface area contributed by atoms with E-state index in [1.54, 1.807) is 43.6 Å². The number of nitrogens with zero attached hydrogens (tertiary/aromatic N) is 4. The Bertz CT molecular complexity index is 2430. The van der Waals surface area contributed by atoms with Crippen molar-refractivity contribution in [2.45, 2.75) is 46.7 Å². The first-order valence-electron chi connectivity index (χ1n) is 17.7. The van der Waals surface area contributed by atoms with Crippen LogP contribution in [0.4, 0.5) is 5.69 Å². The number of benzene rings is 3. The summed E-state index contributed by atoms with van der Waals surface area (Å²) in [6.45, 7) is 8.76. The van der Waals surface area contributed by atoms with Gasteiger partial charge in [-0.25, -0.2) is 19.9 Å². The van der Waals surface area contributed by atoms with Gasteiger partial charge in [-0.15, -0.1) is 0 Å². The molecule has 0 bridgehead atoms. The molecule has 0 atom stereocenters. The first-order valence-corrected chi connectivity index (χ1v) is 17.7. The molecule has 4 heterocycles. The Balaban J connectivity index is 0.000000189. The highest BCUT2D eigenvalue weighted by molar-refractivity contribution is 6.04. The van der Waals surface area contributed by atoms with Gasteiger partial charge in [0.25, 0.3) is 17.7 Å². The first-order chi connectivity index (χ1) is 26.1. The fourth-order valence-electron chi connectivity index (χ4n) is 5.77. The maximum atomic E-state index is 12.7. The number of aryl methyl sites for hydroxylation is 2. The van der Waals surface area contributed by atoms with E-state index in [1.807, 2.05) is 73.7 Å². The van der Waals surface area contributed by atoms with Crippen LogP contribution in [0.2, 0.25) is 0 Å². The minimum absolute atomic E-state index is 0.112. The van der Waals surface area contributed by atoms with E-state index in [-0.39, 0.29) is 17.7 Å². The zero-order valence-corrected chi connectivity index (χ0v) is 30.6. The van der Waals surface area contributed by atoms with Gasteiger partial charge in [-0.1, -0.05) is 68.4 Å². The lowest BCUT2D eigenvalue weighted by Crippen LogP contribution is -2.24. The number of fused-ring (bicyclic) bond motifs is 2. The Morgan fingerprint density at radius 3 is 1.69 bits per heavy atom. The Hall–Kier alpha value is -6.81. The van der Waals surface area contributed by atoms with Gasteiger partial charge in [-0.2, -0.15) is 0 Å². The van der Waals surface area contributed by atoms with Crippen LogP contribution in [-0.2, 0) is 13.1 Å². The number of rotatable bonds is 9. The fraction of sp³-hybridized carbons (Fsp3) is 0.159. The average molecular weight is 716 g/mol. The smallest absolute Gasteiger partial charge is 0.255 e. The van der Waals surface area contributed by atoms with E-state index in [2.05, 4.69) is 74.0 Å². The van der Waals surface area contributed by atoms with Gasteiger partial charge in [0, 0.05) is 47.5 Å². The normalized spacial score (nSPS) is 10.8. The van der Waals surface area contributed by atoms with E-state index in [0.29, 0.717) is 58.4 Å². The van der Waals surface area contributed by atoms with Crippen molar-refractivity contribution < 1.29 is 14.4 Å². The third kappa shape index (κ3) is 9.34. The van der Waals surface area contributed by atoms with Crippen LogP contribution < -0.4 is 16.0 Å². The summed E-state index contributed by atoms with van der Waals surface area (Å²) in [6, 6.07) is 35.9. The Morgan fingerprint density at radius 1 is 0.574 bits per heavy atom. The molecule has 0 saturated heterocycles. The van der Waals surface area contributed by atoms with Crippen molar-refractivity contribution in [3.63, 3.8) is 0 Å². The minimum atomic E-state index is -0.218. The molecule has 270 valence electrons. The average Bonchev–Trinajstić information content (AvgIpc) is 3.19. The number of aromatic nitrogens is 4. The molecular formula is C44H41N7O3. The van der Waals surface area contributed by atoms with Crippen LogP contribution in [0.1, 0.15) is 78.9 Å². The summed E-state index contributed by atoms with van der Waals surface area (Å²) in [4.78, 5) is 54.9. The Kier molecular flexibility index (Phi) is 11.7. The molecule has 3 aromatic carbocycles. The number of anilines is 1. The lowest BCUT2D eigenvalue weighted by molar-refractivity contribution is 0.0942. The molecule has 0 aliphatic carbocycles. The molecule has 3 N–H and O–H groups in total. The number of carbonyl (C=O) groups is 3. The lowest BCUT2D eigenvalue weighted by Gasteiger charge is -2.10. The lowest BCUT2D eigenvalue weighted by atomic mass is 10.0. The number of para-hydroxylation sites is 1. The zero-order valence-electron chi connectivity index (χ0n) is 30.6. The van der Waals surface area contributed by atoms with E-state index in [9.17, 15) is 14.4 Å². The van der Waals surface area contributed by atoms with Crippen LogP contribution in [0.5, 0.6) is 0 Å². The number of pyridine rings is 4.